The summed E-state index contributed by atoms with van der Waals surface area (Å²) in [5.41, 5.74) is 0.732. The molecule has 2 saturated heterocycles. The van der Waals surface area contributed by atoms with Crippen molar-refractivity contribution in [2.75, 3.05) is 31.9 Å². The molecule has 0 spiro atoms. The van der Waals surface area contributed by atoms with Crippen LogP contribution in [-0.4, -0.2) is 64.7 Å². The summed E-state index contributed by atoms with van der Waals surface area (Å²) in [6.45, 7) is 1.30. The highest BCUT2D eigenvalue weighted by Crippen LogP contribution is 2.19. The lowest BCUT2D eigenvalue weighted by atomic mass is 9.96. The molecule has 0 bridgehead atoms. The van der Waals surface area contributed by atoms with Gasteiger partial charge in [-0.25, -0.2) is 4.39 Å². The molecular formula is C19H22FN3O4S. The van der Waals surface area contributed by atoms with Crippen LogP contribution in [0.3, 0.4) is 0 Å². The standard InChI is InChI=1S/C19H22FN3O4S/c20-15-5-3-13(4-6-15)10-16(24)22-8-1-2-14(11-22)18(26)21-7-9-23-17(25)12-28-19(23)27/h3-6,14H,1-2,7-12H2,(H,21,26). The molecular weight excluding hydrogens is 385 g/mol. The van der Waals surface area contributed by atoms with Gasteiger partial charge in [-0.1, -0.05) is 23.9 Å². The molecule has 7 nitrogen and oxygen atoms in total. The Kier molecular flexibility index (Phi) is 6.66. The molecule has 1 unspecified atom stereocenters. The average Bonchev–Trinajstić information content (AvgIpc) is 3.01. The van der Waals surface area contributed by atoms with Gasteiger partial charge in [0, 0.05) is 26.2 Å². The van der Waals surface area contributed by atoms with Crippen molar-refractivity contribution >= 4 is 34.7 Å². The number of benzene rings is 1. The number of rotatable bonds is 6. The van der Waals surface area contributed by atoms with Crippen LogP contribution in [0.4, 0.5) is 9.18 Å². The van der Waals surface area contributed by atoms with Crippen molar-refractivity contribution in [2.45, 2.75) is 19.3 Å². The Morgan fingerprint density at radius 2 is 1.96 bits per heavy atom. The van der Waals surface area contributed by atoms with Crippen molar-refractivity contribution in [1.82, 2.24) is 15.1 Å². The maximum Gasteiger partial charge on any atom is 0.288 e. The summed E-state index contributed by atoms with van der Waals surface area (Å²) in [7, 11) is 0. The van der Waals surface area contributed by atoms with E-state index in [4.69, 9.17) is 0 Å². The maximum absolute atomic E-state index is 13.0. The molecule has 150 valence electrons. The minimum Gasteiger partial charge on any atom is -0.354 e. The second-order valence-corrected chi connectivity index (χ2v) is 7.80. The number of likely N-dealkylation sites (tertiary alicyclic amines) is 1. The van der Waals surface area contributed by atoms with Crippen molar-refractivity contribution < 1.29 is 23.6 Å². The van der Waals surface area contributed by atoms with Gasteiger partial charge >= 0.3 is 0 Å². The highest BCUT2D eigenvalue weighted by atomic mass is 32.2. The summed E-state index contributed by atoms with van der Waals surface area (Å²) in [6.07, 6.45) is 1.59. The van der Waals surface area contributed by atoms with E-state index in [9.17, 15) is 23.6 Å². The third-order valence-electron chi connectivity index (χ3n) is 4.89. The van der Waals surface area contributed by atoms with Crippen molar-refractivity contribution in [2.24, 2.45) is 5.92 Å². The molecule has 2 heterocycles. The molecule has 0 radical (unpaired) electrons. The molecule has 2 fully saturated rings. The van der Waals surface area contributed by atoms with Gasteiger partial charge in [-0.05, 0) is 30.5 Å². The zero-order valence-corrected chi connectivity index (χ0v) is 16.2. The first-order valence-corrected chi connectivity index (χ1v) is 10.2. The Morgan fingerprint density at radius 1 is 1.21 bits per heavy atom. The van der Waals surface area contributed by atoms with Crippen LogP contribution in [0.5, 0.6) is 0 Å². The van der Waals surface area contributed by atoms with E-state index in [0.29, 0.717) is 19.5 Å². The van der Waals surface area contributed by atoms with Gasteiger partial charge in [-0.3, -0.25) is 24.1 Å². The molecule has 1 aromatic rings. The molecule has 3 rings (SSSR count). The topological polar surface area (TPSA) is 86.8 Å². The number of nitrogens with one attached hydrogen (secondary N) is 1. The van der Waals surface area contributed by atoms with E-state index in [1.807, 2.05) is 0 Å². The highest BCUT2D eigenvalue weighted by Gasteiger charge is 2.31. The summed E-state index contributed by atoms with van der Waals surface area (Å²) in [4.78, 5) is 50.8. The van der Waals surface area contributed by atoms with Gasteiger partial charge in [0.05, 0.1) is 18.1 Å². The first-order valence-electron chi connectivity index (χ1n) is 9.21. The smallest absolute Gasteiger partial charge is 0.288 e. The van der Waals surface area contributed by atoms with Crippen LogP contribution < -0.4 is 5.32 Å². The normalized spacial score (nSPS) is 19.8. The van der Waals surface area contributed by atoms with Gasteiger partial charge in [0.2, 0.25) is 17.7 Å². The fourth-order valence-corrected chi connectivity index (χ4v) is 4.09. The quantitative estimate of drug-likeness (QED) is 0.771. The Balaban J connectivity index is 1.46. The van der Waals surface area contributed by atoms with E-state index in [1.165, 1.54) is 12.1 Å². The highest BCUT2D eigenvalue weighted by molar-refractivity contribution is 8.14. The molecule has 0 saturated carbocycles. The summed E-state index contributed by atoms with van der Waals surface area (Å²) >= 11 is 0.965. The first kappa shape index (κ1) is 20.3. The van der Waals surface area contributed by atoms with Crippen LogP contribution in [0, 0.1) is 11.7 Å². The number of carbonyl (C=O) groups is 4. The second kappa shape index (κ2) is 9.18. The molecule has 1 N–H and O–H groups in total. The zero-order chi connectivity index (χ0) is 20.1. The van der Waals surface area contributed by atoms with E-state index >= 15 is 0 Å². The van der Waals surface area contributed by atoms with Crippen LogP contribution in [0.15, 0.2) is 24.3 Å². The van der Waals surface area contributed by atoms with E-state index in [1.54, 1.807) is 17.0 Å². The Labute approximate surface area is 166 Å². The molecule has 28 heavy (non-hydrogen) atoms. The number of piperidine rings is 1. The molecule has 2 aliphatic heterocycles. The third-order valence-corrected chi connectivity index (χ3v) is 5.75. The lowest BCUT2D eigenvalue weighted by Gasteiger charge is -2.32. The van der Waals surface area contributed by atoms with Gasteiger partial charge in [0.15, 0.2) is 0 Å². The predicted molar refractivity (Wildman–Crippen MR) is 102 cm³/mol. The molecule has 2 aliphatic rings. The predicted octanol–water partition coefficient (Wildman–Crippen LogP) is 1.42. The number of imide groups is 1. The number of hydrogen-bond acceptors (Lipinski definition) is 5. The number of nitrogens with zero attached hydrogens (tertiary/aromatic N) is 2. The molecule has 1 aromatic carbocycles. The lowest BCUT2D eigenvalue weighted by molar-refractivity contribution is -0.135. The maximum atomic E-state index is 13.0. The van der Waals surface area contributed by atoms with Crippen LogP contribution in [-0.2, 0) is 20.8 Å². The molecule has 0 aromatic heterocycles. The van der Waals surface area contributed by atoms with Gasteiger partial charge in [-0.15, -0.1) is 0 Å². The third kappa shape index (κ3) is 5.09. The number of carbonyl (C=O) groups excluding carboxylic acids is 4. The minimum absolute atomic E-state index is 0.0885. The van der Waals surface area contributed by atoms with E-state index in [-0.39, 0.29) is 60.0 Å². The number of hydrogen-bond donors (Lipinski definition) is 1. The van der Waals surface area contributed by atoms with Crippen molar-refractivity contribution in [3.8, 4) is 0 Å². The minimum atomic E-state index is -0.346. The lowest BCUT2D eigenvalue weighted by Crippen LogP contribution is -2.47. The monoisotopic (exact) mass is 407 g/mol. The van der Waals surface area contributed by atoms with Crippen LogP contribution in [0.25, 0.3) is 0 Å². The zero-order valence-electron chi connectivity index (χ0n) is 15.4. The van der Waals surface area contributed by atoms with Crippen molar-refractivity contribution in [3.05, 3.63) is 35.6 Å². The van der Waals surface area contributed by atoms with E-state index < -0.39 is 0 Å². The second-order valence-electron chi connectivity index (χ2n) is 6.87. The van der Waals surface area contributed by atoms with E-state index in [2.05, 4.69) is 5.32 Å². The average molecular weight is 407 g/mol. The fourth-order valence-electron chi connectivity index (χ4n) is 3.34. The van der Waals surface area contributed by atoms with Crippen LogP contribution >= 0.6 is 11.8 Å². The molecule has 4 amide bonds. The van der Waals surface area contributed by atoms with Gasteiger partial charge in [0.25, 0.3) is 5.24 Å². The molecule has 9 heteroatoms. The van der Waals surface area contributed by atoms with Crippen LogP contribution in [0.1, 0.15) is 18.4 Å². The molecule has 1 atom stereocenters. The fraction of sp³-hybridized carbons (Fsp3) is 0.474. The Bertz CT molecular complexity index is 755. The summed E-state index contributed by atoms with van der Waals surface area (Å²) in [6, 6.07) is 5.81. The van der Waals surface area contributed by atoms with Gasteiger partial charge < -0.3 is 10.2 Å². The van der Waals surface area contributed by atoms with Crippen molar-refractivity contribution in [1.29, 1.82) is 0 Å². The number of amides is 4. The van der Waals surface area contributed by atoms with E-state index in [0.717, 1.165) is 28.6 Å². The van der Waals surface area contributed by atoms with Crippen molar-refractivity contribution in [3.63, 3.8) is 0 Å². The van der Waals surface area contributed by atoms with Gasteiger partial charge in [-0.2, -0.15) is 0 Å². The van der Waals surface area contributed by atoms with Crippen LogP contribution in [0.2, 0.25) is 0 Å². The SMILES string of the molecule is O=C(NCCN1C(=O)CSC1=O)C1CCCN(C(=O)Cc2ccc(F)cc2)C1. The Morgan fingerprint density at radius 3 is 2.64 bits per heavy atom. The summed E-state index contributed by atoms with van der Waals surface area (Å²) < 4.78 is 13.0. The Hall–Kier alpha value is -2.42. The summed E-state index contributed by atoms with van der Waals surface area (Å²) in [5, 5.41) is 2.48. The largest absolute Gasteiger partial charge is 0.354 e. The first-order chi connectivity index (χ1) is 13.4. The van der Waals surface area contributed by atoms with Gasteiger partial charge in [0.1, 0.15) is 5.82 Å². The number of thioether (sulfide) groups is 1. The number of halogens is 1. The molecule has 0 aliphatic carbocycles. The summed E-state index contributed by atoms with van der Waals surface area (Å²) in [5.74, 6) is -1.01.